The van der Waals surface area contributed by atoms with Crippen molar-refractivity contribution in [1.29, 1.82) is 0 Å². The molecule has 0 atom stereocenters. The summed E-state index contributed by atoms with van der Waals surface area (Å²) in [5, 5.41) is 10.7. The standard InChI is InChI=1S/C13H4N2O4S5/c16-9-7-8(22-12-11(21-7)23-13(20)24-12)10(17)14(9)5-1-3-6(4-2-5)15(18)19/h1-4H. The average Bonchev–Trinajstić information content (AvgIpc) is 3.03. The Morgan fingerprint density at radius 1 is 0.917 bits per heavy atom. The lowest BCUT2D eigenvalue weighted by molar-refractivity contribution is -0.384. The normalized spacial score (nSPS) is 11.3. The summed E-state index contributed by atoms with van der Waals surface area (Å²) in [5.74, 6) is 0. The largest absolute Gasteiger partial charge is 0.277 e. The topological polar surface area (TPSA) is 82.2 Å². The first-order valence-corrected chi connectivity index (χ1v) is 10.0. The number of aromatic nitrogens is 1. The van der Waals surface area contributed by atoms with Gasteiger partial charge < -0.3 is 0 Å². The molecule has 24 heavy (non-hydrogen) atoms. The molecule has 2 aromatic rings. The lowest BCUT2D eigenvalue weighted by Gasteiger charge is -1.99. The fourth-order valence-electron chi connectivity index (χ4n) is 2.19. The van der Waals surface area contributed by atoms with Crippen LogP contribution in [0.15, 0.2) is 33.9 Å². The van der Waals surface area contributed by atoms with E-state index in [0.717, 1.165) is 15.7 Å². The molecule has 0 spiro atoms. The van der Waals surface area contributed by atoms with E-state index in [2.05, 4.69) is 0 Å². The van der Waals surface area contributed by atoms with Crippen molar-refractivity contribution in [1.82, 2.24) is 4.57 Å². The zero-order chi connectivity index (χ0) is 17.0. The molecule has 0 fully saturated rings. The molecule has 6 nitrogen and oxygen atoms in total. The van der Waals surface area contributed by atoms with Gasteiger partial charge in [0.25, 0.3) is 16.8 Å². The van der Waals surface area contributed by atoms with E-state index >= 15 is 0 Å². The lowest BCUT2D eigenvalue weighted by atomic mass is 10.3. The summed E-state index contributed by atoms with van der Waals surface area (Å²) in [4.78, 5) is 35.5. The molecule has 120 valence electrons. The summed E-state index contributed by atoms with van der Waals surface area (Å²) < 4.78 is 4.46. The number of hydrogen-bond donors (Lipinski definition) is 0. The van der Waals surface area contributed by atoms with Crippen molar-refractivity contribution in [2.75, 3.05) is 0 Å². The third-order valence-electron chi connectivity index (χ3n) is 3.23. The van der Waals surface area contributed by atoms with Gasteiger partial charge in [0.2, 0.25) is 0 Å². The van der Waals surface area contributed by atoms with Crippen LogP contribution in [-0.2, 0) is 0 Å². The molecule has 0 aliphatic carbocycles. The van der Waals surface area contributed by atoms with E-state index in [4.69, 9.17) is 12.2 Å². The van der Waals surface area contributed by atoms with Crippen LogP contribution in [0.1, 0.15) is 0 Å². The van der Waals surface area contributed by atoms with E-state index in [0.29, 0.717) is 14.8 Å². The highest BCUT2D eigenvalue weighted by Crippen LogP contribution is 2.34. The van der Waals surface area contributed by atoms with E-state index in [-0.39, 0.29) is 5.69 Å². The molecule has 1 aromatic carbocycles. The first-order chi connectivity index (χ1) is 11.5. The number of hydrogen-bond acceptors (Lipinski definition) is 9. The zero-order valence-electron chi connectivity index (χ0n) is 11.4. The second kappa shape index (κ2) is 5.63. The molecule has 0 amide bonds. The van der Waals surface area contributed by atoms with Crippen molar-refractivity contribution in [3.63, 3.8) is 0 Å². The highest BCUT2D eigenvalue weighted by molar-refractivity contribution is 7.78. The van der Waals surface area contributed by atoms with Gasteiger partial charge in [0, 0.05) is 12.1 Å². The van der Waals surface area contributed by atoms with Gasteiger partial charge in [-0.2, -0.15) is 0 Å². The molecule has 2 aliphatic rings. The number of non-ortho nitro benzene ring substituents is 1. The second-order valence-corrected chi connectivity index (χ2v) is 10.4. The van der Waals surface area contributed by atoms with Gasteiger partial charge in [-0.3, -0.25) is 19.7 Å². The van der Waals surface area contributed by atoms with Gasteiger partial charge in [-0.15, -0.1) is 45.3 Å². The maximum absolute atomic E-state index is 12.6. The molecule has 2 aliphatic heterocycles. The van der Waals surface area contributed by atoms with Crippen LogP contribution in [0.25, 0.3) is 13.7 Å². The Hall–Kier alpha value is -1.79. The van der Waals surface area contributed by atoms with Crippen LogP contribution in [0.4, 0.5) is 5.69 Å². The Kier molecular flexibility index (Phi) is 3.69. The Morgan fingerprint density at radius 2 is 1.42 bits per heavy atom. The van der Waals surface area contributed by atoms with Crippen LogP contribution < -0.4 is 11.1 Å². The first-order valence-electron chi connectivity index (χ1n) is 6.33. The Morgan fingerprint density at radius 3 is 1.88 bits per heavy atom. The summed E-state index contributed by atoms with van der Waals surface area (Å²) in [6.45, 7) is 0. The summed E-state index contributed by atoms with van der Waals surface area (Å²) in [6.07, 6.45) is 0. The van der Waals surface area contributed by atoms with Crippen LogP contribution in [0, 0.1) is 22.3 Å². The smallest absolute Gasteiger partial charge is 0.267 e. The highest BCUT2D eigenvalue weighted by atomic mass is 32.2. The summed E-state index contributed by atoms with van der Waals surface area (Å²) in [5.41, 5.74) is -0.587. The zero-order valence-corrected chi connectivity index (χ0v) is 15.5. The van der Waals surface area contributed by atoms with Crippen molar-refractivity contribution in [3.8, 4) is 5.69 Å². The molecule has 0 saturated heterocycles. The SMILES string of the molecule is O=c1c2sc3sc(=S)sc3sc=2c(=O)n1-c1ccc([N+](=O)[O-])cc1. The van der Waals surface area contributed by atoms with Crippen molar-refractivity contribution < 1.29 is 4.92 Å². The highest BCUT2D eigenvalue weighted by Gasteiger charge is 2.16. The van der Waals surface area contributed by atoms with Crippen molar-refractivity contribution in [3.05, 3.63) is 67.3 Å². The quantitative estimate of drug-likeness (QED) is 0.283. The Labute approximate surface area is 153 Å². The number of benzene rings is 1. The molecule has 11 heteroatoms. The molecular weight excluding hydrogens is 408 g/mol. The lowest BCUT2D eigenvalue weighted by Crippen LogP contribution is -2.24. The summed E-state index contributed by atoms with van der Waals surface area (Å²) in [6, 6.07) is 5.36. The molecule has 4 rings (SSSR count). The molecule has 0 radical (unpaired) electrons. The van der Waals surface area contributed by atoms with Crippen molar-refractivity contribution in [2.24, 2.45) is 0 Å². The predicted octanol–water partition coefficient (Wildman–Crippen LogP) is 3.96. The molecule has 1 aromatic heterocycles. The summed E-state index contributed by atoms with van der Waals surface area (Å²) in [7, 11) is 0. The maximum Gasteiger partial charge on any atom is 0.277 e. The Bertz CT molecular complexity index is 1270. The van der Waals surface area contributed by atoms with Gasteiger partial charge in [0.05, 0.1) is 10.6 Å². The van der Waals surface area contributed by atoms with Crippen LogP contribution in [-0.4, -0.2) is 9.49 Å². The van der Waals surface area contributed by atoms with Crippen LogP contribution in [0.3, 0.4) is 0 Å². The minimum Gasteiger partial charge on any atom is -0.267 e. The van der Waals surface area contributed by atoms with Gasteiger partial charge >= 0.3 is 0 Å². The maximum atomic E-state index is 12.6. The number of nitro benzene ring substituents is 1. The average molecular weight is 413 g/mol. The van der Waals surface area contributed by atoms with E-state index in [1.165, 1.54) is 69.6 Å². The third-order valence-corrected chi connectivity index (χ3v) is 8.93. The number of nitro groups is 1. The van der Waals surface area contributed by atoms with Gasteiger partial charge in [-0.25, -0.2) is 4.57 Å². The van der Waals surface area contributed by atoms with Gasteiger partial charge in [0.1, 0.15) is 20.2 Å². The van der Waals surface area contributed by atoms with Gasteiger partial charge in [-0.05, 0) is 12.1 Å². The number of fused-ring (bicyclic) bond motifs is 1. The molecule has 0 saturated carbocycles. The monoisotopic (exact) mass is 412 g/mol. The fourth-order valence-corrected chi connectivity index (χ4v) is 8.30. The van der Waals surface area contributed by atoms with E-state index in [1.54, 1.807) is 0 Å². The second-order valence-electron chi connectivity index (χ2n) is 4.61. The van der Waals surface area contributed by atoms with Crippen molar-refractivity contribution >= 4 is 71.3 Å². The minimum atomic E-state index is -0.530. The van der Waals surface area contributed by atoms with Crippen LogP contribution in [0.2, 0.25) is 0 Å². The Balaban J connectivity index is 2.03. The first kappa shape index (κ1) is 15.7. The fraction of sp³-hybridized carbons (Fsp3) is 0. The van der Waals surface area contributed by atoms with Gasteiger partial charge in [-0.1, -0.05) is 12.2 Å². The summed E-state index contributed by atoms with van der Waals surface area (Å²) >= 11 is 10.6. The third kappa shape index (κ3) is 2.36. The molecule has 0 bridgehead atoms. The molecule has 0 unspecified atom stereocenters. The van der Waals surface area contributed by atoms with E-state index in [1.807, 2.05) is 0 Å². The van der Waals surface area contributed by atoms with Crippen molar-refractivity contribution in [2.45, 2.75) is 0 Å². The van der Waals surface area contributed by atoms with Crippen LogP contribution >= 0.6 is 57.6 Å². The number of rotatable bonds is 2. The predicted molar refractivity (Wildman–Crippen MR) is 100 cm³/mol. The number of nitrogens with zero attached hydrogens (tertiary/aromatic N) is 2. The molecule has 3 heterocycles. The van der Waals surface area contributed by atoms with Crippen LogP contribution in [0.5, 0.6) is 0 Å². The van der Waals surface area contributed by atoms with Gasteiger partial charge in [0.15, 0.2) is 0 Å². The van der Waals surface area contributed by atoms with E-state index < -0.39 is 16.0 Å². The minimum absolute atomic E-state index is 0.0960. The molecular formula is C13H4N2O4S5. The van der Waals surface area contributed by atoms with E-state index in [9.17, 15) is 19.7 Å². The molecule has 0 N–H and O–H groups in total.